The monoisotopic (exact) mass is 257 g/mol. The number of amides is 1. The minimum atomic E-state index is -0.0777. The average molecular weight is 257 g/mol. The SMILES string of the molecule is CCC(CCO)NC(=O)c1ccc2ccccc2c1. The Kier molecular flexibility index (Phi) is 4.53. The minimum Gasteiger partial charge on any atom is -0.396 e. The first-order valence-electron chi connectivity index (χ1n) is 6.65. The van der Waals surface area contributed by atoms with Gasteiger partial charge in [-0.15, -0.1) is 0 Å². The maximum atomic E-state index is 12.1. The van der Waals surface area contributed by atoms with E-state index in [2.05, 4.69) is 5.32 Å². The van der Waals surface area contributed by atoms with Gasteiger partial charge in [-0.3, -0.25) is 4.79 Å². The van der Waals surface area contributed by atoms with Gasteiger partial charge in [0.25, 0.3) is 5.91 Å². The van der Waals surface area contributed by atoms with Crippen LogP contribution in [0.5, 0.6) is 0 Å². The minimum absolute atomic E-state index is 0.0315. The van der Waals surface area contributed by atoms with Crippen LogP contribution in [0, 0.1) is 0 Å². The highest BCUT2D eigenvalue weighted by Crippen LogP contribution is 2.15. The molecule has 0 fully saturated rings. The Balaban J connectivity index is 2.16. The molecule has 0 aromatic heterocycles. The third-order valence-electron chi connectivity index (χ3n) is 3.32. The van der Waals surface area contributed by atoms with Crippen LogP contribution >= 0.6 is 0 Å². The van der Waals surface area contributed by atoms with E-state index < -0.39 is 0 Å². The van der Waals surface area contributed by atoms with Crippen LogP contribution in [-0.4, -0.2) is 23.7 Å². The smallest absolute Gasteiger partial charge is 0.251 e. The van der Waals surface area contributed by atoms with Gasteiger partial charge in [0.2, 0.25) is 0 Å². The lowest BCUT2D eigenvalue weighted by Crippen LogP contribution is -2.35. The van der Waals surface area contributed by atoms with Gasteiger partial charge < -0.3 is 10.4 Å². The Hall–Kier alpha value is -1.87. The van der Waals surface area contributed by atoms with Gasteiger partial charge in [0.15, 0.2) is 0 Å². The Morgan fingerprint density at radius 3 is 2.63 bits per heavy atom. The molecule has 0 saturated carbocycles. The van der Waals surface area contributed by atoms with Gasteiger partial charge in [-0.2, -0.15) is 0 Å². The molecule has 1 atom stereocenters. The number of carbonyl (C=O) groups is 1. The summed E-state index contributed by atoms with van der Waals surface area (Å²) in [6.45, 7) is 2.09. The van der Waals surface area contributed by atoms with E-state index in [9.17, 15) is 4.79 Å². The number of aliphatic hydroxyl groups excluding tert-OH is 1. The number of hydrogen-bond acceptors (Lipinski definition) is 2. The third kappa shape index (κ3) is 3.32. The van der Waals surface area contributed by atoms with Gasteiger partial charge in [-0.25, -0.2) is 0 Å². The van der Waals surface area contributed by atoms with Crippen molar-refractivity contribution >= 4 is 16.7 Å². The topological polar surface area (TPSA) is 49.3 Å². The molecule has 19 heavy (non-hydrogen) atoms. The van der Waals surface area contributed by atoms with Crippen molar-refractivity contribution in [1.82, 2.24) is 5.32 Å². The fraction of sp³-hybridized carbons (Fsp3) is 0.312. The lowest BCUT2D eigenvalue weighted by molar-refractivity contribution is 0.0929. The van der Waals surface area contributed by atoms with Crippen molar-refractivity contribution < 1.29 is 9.90 Å². The third-order valence-corrected chi connectivity index (χ3v) is 3.32. The molecule has 2 N–H and O–H groups in total. The van der Waals surface area contributed by atoms with Crippen LogP contribution in [0.4, 0.5) is 0 Å². The summed E-state index contributed by atoms with van der Waals surface area (Å²) in [5.41, 5.74) is 0.662. The van der Waals surface area contributed by atoms with E-state index in [4.69, 9.17) is 5.11 Å². The molecule has 2 rings (SSSR count). The molecular weight excluding hydrogens is 238 g/mol. The number of fused-ring (bicyclic) bond motifs is 1. The summed E-state index contributed by atoms with van der Waals surface area (Å²) < 4.78 is 0. The first kappa shape index (κ1) is 13.6. The highest BCUT2D eigenvalue weighted by Gasteiger charge is 2.11. The predicted molar refractivity (Wildman–Crippen MR) is 77.2 cm³/mol. The molecular formula is C16H19NO2. The van der Waals surface area contributed by atoms with E-state index in [0.717, 1.165) is 17.2 Å². The Labute approximate surface area is 113 Å². The predicted octanol–water partition coefficient (Wildman–Crippen LogP) is 2.73. The number of aliphatic hydroxyl groups is 1. The van der Waals surface area contributed by atoms with Crippen molar-refractivity contribution in [1.29, 1.82) is 0 Å². The van der Waals surface area contributed by atoms with Crippen LogP contribution in [-0.2, 0) is 0 Å². The molecule has 0 heterocycles. The Morgan fingerprint density at radius 1 is 1.21 bits per heavy atom. The van der Waals surface area contributed by atoms with Crippen molar-refractivity contribution in [3.63, 3.8) is 0 Å². The molecule has 2 aromatic carbocycles. The second-order valence-electron chi connectivity index (χ2n) is 4.65. The van der Waals surface area contributed by atoms with Gasteiger partial charge in [0.1, 0.15) is 0 Å². The number of nitrogens with one attached hydrogen (secondary N) is 1. The van der Waals surface area contributed by atoms with Crippen molar-refractivity contribution in [2.45, 2.75) is 25.8 Å². The summed E-state index contributed by atoms with van der Waals surface area (Å²) in [5.74, 6) is -0.0777. The zero-order valence-electron chi connectivity index (χ0n) is 11.1. The summed E-state index contributed by atoms with van der Waals surface area (Å²) in [4.78, 5) is 12.1. The van der Waals surface area contributed by atoms with Crippen LogP contribution in [0.1, 0.15) is 30.1 Å². The highest BCUT2D eigenvalue weighted by atomic mass is 16.3. The van der Waals surface area contributed by atoms with Crippen molar-refractivity contribution in [2.24, 2.45) is 0 Å². The summed E-state index contributed by atoms with van der Waals surface area (Å²) in [5, 5.41) is 14.1. The maximum absolute atomic E-state index is 12.1. The molecule has 2 aromatic rings. The molecule has 0 aliphatic rings. The number of carbonyl (C=O) groups excluding carboxylic acids is 1. The largest absolute Gasteiger partial charge is 0.396 e. The molecule has 0 radical (unpaired) electrons. The first-order chi connectivity index (χ1) is 9.24. The van der Waals surface area contributed by atoms with Gasteiger partial charge in [0.05, 0.1) is 0 Å². The van der Waals surface area contributed by atoms with Crippen molar-refractivity contribution in [3.8, 4) is 0 Å². The Morgan fingerprint density at radius 2 is 1.95 bits per heavy atom. The van der Waals surface area contributed by atoms with Crippen LogP contribution in [0.3, 0.4) is 0 Å². The number of hydrogen-bond donors (Lipinski definition) is 2. The second kappa shape index (κ2) is 6.34. The molecule has 0 aliphatic heterocycles. The van der Waals surface area contributed by atoms with Crippen molar-refractivity contribution in [2.75, 3.05) is 6.61 Å². The van der Waals surface area contributed by atoms with E-state index in [-0.39, 0.29) is 18.6 Å². The lowest BCUT2D eigenvalue weighted by Gasteiger charge is -2.15. The van der Waals surface area contributed by atoms with E-state index in [1.807, 2.05) is 49.4 Å². The van der Waals surface area contributed by atoms with Gasteiger partial charge in [-0.05, 0) is 35.7 Å². The van der Waals surface area contributed by atoms with Gasteiger partial charge in [-0.1, -0.05) is 37.3 Å². The van der Waals surface area contributed by atoms with Crippen LogP contribution in [0.2, 0.25) is 0 Å². The van der Waals surface area contributed by atoms with Crippen LogP contribution in [0.15, 0.2) is 42.5 Å². The molecule has 100 valence electrons. The van der Waals surface area contributed by atoms with Gasteiger partial charge in [0, 0.05) is 18.2 Å². The van der Waals surface area contributed by atoms with Crippen LogP contribution in [0.25, 0.3) is 10.8 Å². The molecule has 1 unspecified atom stereocenters. The fourth-order valence-corrected chi connectivity index (χ4v) is 2.13. The summed E-state index contributed by atoms with van der Waals surface area (Å²) >= 11 is 0. The molecule has 3 nitrogen and oxygen atoms in total. The number of rotatable bonds is 5. The Bertz CT molecular complexity index is 565. The van der Waals surface area contributed by atoms with E-state index in [1.54, 1.807) is 0 Å². The van der Waals surface area contributed by atoms with E-state index in [0.29, 0.717) is 12.0 Å². The normalized spacial score (nSPS) is 12.3. The summed E-state index contributed by atoms with van der Waals surface area (Å²) in [6.07, 6.45) is 1.41. The molecule has 3 heteroatoms. The fourth-order valence-electron chi connectivity index (χ4n) is 2.13. The zero-order chi connectivity index (χ0) is 13.7. The molecule has 0 aliphatic carbocycles. The van der Waals surface area contributed by atoms with Crippen LogP contribution < -0.4 is 5.32 Å². The van der Waals surface area contributed by atoms with Crippen molar-refractivity contribution in [3.05, 3.63) is 48.0 Å². The molecule has 0 saturated heterocycles. The average Bonchev–Trinajstić information content (AvgIpc) is 2.46. The van der Waals surface area contributed by atoms with Gasteiger partial charge >= 0.3 is 0 Å². The summed E-state index contributed by atoms with van der Waals surface area (Å²) in [7, 11) is 0. The van der Waals surface area contributed by atoms with E-state index in [1.165, 1.54) is 0 Å². The maximum Gasteiger partial charge on any atom is 0.251 e. The zero-order valence-corrected chi connectivity index (χ0v) is 11.1. The number of benzene rings is 2. The second-order valence-corrected chi connectivity index (χ2v) is 4.65. The summed E-state index contributed by atoms with van der Waals surface area (Å²) in [6, 6.07) is 13.7. The lowest BCUT2D eigenvalue weighted by atomic mass is 10.1. The molecule has 1 amide bonds. The first-order valence-corrected chi connectivity index (χ1v) is 6.65. The standard InChI is InChI=1S/C16H19NO2/c1-2-15(9-10-18)17-16(19)14-8-7-12-5-3-4-6-13(12)11-14/h3-8,11,15,18H,2,9-10H2,1H3,(H,17,19). The van der Waals surface area contributed by atoms with E-state index >= 15 is 0 Å². The molecule has 0 bridgehead atoms. The highest BCUT2D eigenvalue weighted by molar-refractivity contribution is 5.98. The quantitative estimate of drug-likeness (QED) is 0.865. The molecule has 0 spiro atoms.